The Bertz CT molecular complexity index is 353. The predicted octanol–water partition coefficient (Wildman–Crippen LogP) is 1.51. The molecule has 0 aliphatic heterocycles. The molecule has 17 heavy (non-hydrogen) atoms. The lowest BCUT2D eigenvalue weighted by atomic mass is 10.0. The number of hydrogen-bond donors (Lipinski definition) is 1. The van der Waals surface area contributed by atoms with Crippen LogP contribution < -0.4 is 0 Å². The molecule has 7 heteroatoms. The van der Waals surface area contributed by atoms with Gasteiger partial charge in [0.2, 0.25) is 11.7 Å². The first-order chi connectivity index (χ1) is 7.92. The van der Waals surface area contributed by atoms with E-state index < -0.39 is 18.1 Å². The minimum Gasteiger partial charge on any atom is -0.387 e. The summed E-state index contributed by atoms with van der Waals surface area (Å²) in [5.41, 5.74) is -0.711. The molecule has 98 valence electrons. The lowest BCUT2D eigenvalue weighted by molar-refractivity contribution is -0.0106. The number of ether oxygens (including phenoxy) is 1. The van der Waals surface area contributed by atoms with Crippen molar-refractivity contribution in [2.45, 2.75) is 44.8 Å². The van der Waals surface area contributed by atoms with Crippen LogP contribution in [0.1, 0.15) is 32.0 Å². The van der Waals surface area contributed by atoms with E-state index >= 15 is 0 Å². The zero-order chi connectivity index (χ0) is 13.1. The van der Waals surface area contributed by atoms with Crippen LogP contribution in [0.25, 0.3) is 0 Å². The van der Waals surface area contributed by atoms with Gasteiger partial charge >= 0.3 is 0 Å². The SMILES string of the molecule is CCC(C)(OC)c1noc(CC(O)C(F)F)n1. The molecule has 0 spiro atoms. The smallest absolute Gasteiger partial charge is 0.264 e. The van der Waals surface area contributed by atoms with Crippen LogP contribution in [0.5, 0.6) is 0 Å². The highest BCUT2D eigenvalue weighted by atomic mass is 19.3. The maximum atomic E-state index is 12.1. The molecule has 0 bridgehead atoms. The summed E-state index contributed by atoms with van der Waals surface area (Å²) in [7, 11) is 1.51. The van der Waals surface area contributed by atoms with Crippen LogP contribution in [0.4, 0.5) is 8.78 Å². The summed E-state index contributed by atoms with van der Waals surface area (Å²) in [6.07, 6.45) is -4.38. The largest absolute Gasteiger partial charge is 0.387 e. The van der Waals surface area contributed by atoms with E-state index in [0.29, 0.717) is 12.2 Å². The molecule has 0 aliphatic rings. The number of rotatable bonds is 6. The average Bonchev–Trinajstić information content (AvgIpc) is 2.76. The molecule has 1 N–H and O–H groups in total. The van der Waals surface area contributed by atoms with Crippen LogP contribution >= 0.6 is 0 Å². The third-order valence-electron chi connectivity index (χ3n) is 2.74. The van der Waals surface area contributed by atoms with E-state index in [0.717, 1.165) is 0 Å². The van der Waals surface area contributed by atoms with Crippen molar-refractivity contribution in [1.29, 1.82) is 0 Å². The van der Waals surface area contributed by atoms with Gasteiger partial charge in [-0.2, -0.15) is 4.98 Å². The molecule has 0 saturated heterocycles. The summed E-state index contributed by atoms with van der Waals surface area (Å²) in [6.45, 7) is 3.65. The highest BCUT2D eigenvalue weighted by Crippen LogP contribution is 2.25. The quantitative estimate of drug-likeness (QED) is 0.828. The molecule has 1 aromatic rings. The number of aromatic nitrogens is 2. The molecule has 1 heterocycles. The first kappa shape index (κ1) is 14.0. The van der Waals surface area contributed by atoms with E-state index in [1.807, 2.05) is 6.92 Å². The maximum Gasteiger partial charge on any atom is 0.264 e. The van der Waals surface area contributed by atoms with Gasteiger partial charge in [0.15, 0.2) is 0 Å². The molecule has 0 fully saturated rings. The van der Waals surface area contributed by atoms with E-state index in [1.165, 1.54) is 7.11 Å². The fourth-order valence-corrected chi connectivity index (χ4v) is 1.21. The Labute approximate surface area is 97.8 Å². The van der Waals surface area contributed by atoms with E-state index in [2.05, 4.69) is 10.1 Å². The first-order valence-electron chi connectivity index (χ1n) is 5.27. The Balaban J connectivity index is 2.78. The third kappa shape index (κ3) is 3.19. The van der Waals surface area contributed by atoms with Gasteiger partial charge in [0.05, 0.1) is 6.42 Å². The summed E-state index contributed by atoms with van der Waals surface area (Å²) < 4.78 is 34.3. The van der Waals surface area contributed by atoms with E-state index in [1.54, 1.807) is 6.92 Å². The molecule has 0 radical (unpaired) electrons. The molecule has 2 atom stereocenters. The normalized spacial score (nSPS) is 17.1. The summed E-state index contributed by atoms with van der Waals surface area (Å²) in [6, 6.07) is 0. The summed E-state index contributed by atoms with van der Waals surface area (Å²) >= 11 is 0. The second kappa shape index (κ2) is 5.50. The number of halogens is 2. The standard InChI is InChI=1S/C10H16F2N2O3/c1-4-10(2,16-3)9-13-7(17-14-9)5-6(15)8(11)12/h6,8,15H,4-5H2,1-3H3. The molecule has 5 nitrogen and oxygen atoms in total. The molecular weight excluding hydrogens is 234 g/mol. The zero-order valence-electron chi connectivity index (χ0n) is 9.98. The lowest BCUT2D eigenvalue weighted by Gasteiger charge is -2.21. The maximum absolute atomic E-state index is 12.1. The van der Waals surface area contributed by atoms with Crippen molar-refractivity contribution in [1.82, 2.24) is 10.1 Å². The molecule has 0 amide bonds. The second-order valence-electron chi connectivity index (χ2n) is 3.91. The summed E-state index contributed by atoms with van der Waals surface area (Å²) in [5, 5.41) is 12.7. The Hall–Kier alpha value is -1.08. The van der Waals surface area contributed by atoms with Gasteiger partial charge in [0, 0.05) is 7.11 Å². The van der Waals surface area contributed by atoms with Crippen LogP contribution in [0.15, 0.2) is 4.52 Å². The third-order valence-corrected chi connectivity index (χ3v) is 2.74. The van der Waals surface area contributed by atoms with Gasteiger partial charge in [-0.3, -0.25) is 0 Å². The van der Waals surface area contributed by atoms with Crippen molar-refractivity contribution < 1.29 is 23.1 Å². The lowest BCUT2D eigenvalue weighted by Crippen LogP contribution is -2.25. The molecule has 0 aliphatic carbocycles. The minimum atomic E-state index is -2.83. The molecule has 1 aromatic heterocycles. The highest BCUT2D eigenvalue weighted by Gasteiger charge is 2.31. The highest BCUT2D eigenvalue weighted by molar-refractivity contribution is 4.99. The van der Waals surface area contributed by atoms with Crippen molar-refractivity contribution in [2.24, 2.45) is 0 Å². The van der Waals surface area contributed by atoms with Crippen molar-refractivity contribution in [3.63, 3.8) is 0 Å². The fraction of sp³-hybridized carbons (Fsp3) is 0.800. The van der Waals surface area contributed by atoms with Gasteiger partial charge in [-0.05, 0) is 13.3 Å². The molecule has 0 aromatic carbocycles. The van der Waals surface area contributed by atoms with Gasteiger partial charge in [0.1, 0.15) is 11.7 Å². The van der Waals surface area contributed by atoms with Crippen LogP contribution in [-0.2, 0) is 16.8 Å². The molecule has 1 rings (SSSR count). The van der Waals surface area contributed by atoms with Gasteiger partial charge in [-0.1, -0.05) is 12.1 Å². The van der Waals surface area contributed by atoms with Crippen LogP contribution in [-0.4, -0.2) is 34.9 Å². The number of aliphatic hydroxyl groups is 1. The number of methoxy groups -OCH3 is 1. The average molecular weight is 250 g/mol. The van der Waals surface area contributed by atoms with Crippen molar-refractivity contribution in [3.8, 4) is 0 Å². The molecular formula is C10H16F2N2O3. The predicted molar refractivity (Wildman–Crippen MR) is 54.7 cm³/mol. The van der Waals surface area contributed by atoms with Gasteiger partial charge in [0.25, 0.3) is 6.43 Å². The second-order valence-corrected chi connectivity index (χ2v) is 3.91. The number of hydrogen-bond acceptors (Lipinski definition) is 5. The van der Waals surface area contributed by atoms with Gasteiger partial charge < -0.3 is 14.4 Å². The fourth-order valence-electron chi connectivity index (χ4n) is 1.21. The topological polar surface area (TPSA) is 68.4 Å². The Morgan fingerprint density at radius 2 is 2.18 bits per heavy atom. The summed E-state index contributed by atoms with van der Waals surface area (Å²) in [5.74, 6) is 0.267. The van der Waals surface area contributed by atoms with Crippen molar-refractivity contribution in [3.05, 3.63) is 11.7 Å². The zero-order valence-corrected chi connectivity index (χ0v) is 9.98. The van der Waals surface area contributed by atoms with Crippen LogP contribution in [0.3, 0.4) is 0 Å². The Morgan fingerprint density at radius 3 is 2.65 bits per heavy atom. The summed E-state index contributed by atoms with van der Waals surface area (Å²) in [4.78, 5) is 3.95. The molecule has 0 saturated carbocycles. The van der Waals surface area contributed by atoms with Crippen LogP contribution in [0.2, 0.25) is 0 Å². The minimum absolute atomic E-state index is 0.0236. The first-order valence-corrected chi connectivity index (χ1v) is 5.27. The molecule has 2 unspecified atom stereocenters. The van der Waals surface area contributed by atoms with Gasteiger partial charge in [-0.25, -0.2) is 8.78 Å². The Kier molecular flexibility index (Phi) is 4.53. The van der Waals surface area contributed by atoms with Crippen molar-refractivity contribution >= 4 is 0 Å². The van der Waals surface area contributed by atoms with Crippen LogP contribution in [0, 0.1) is 0 Å². The number of nitrogens with zero attached hydrogens (tertiary/aromatic N) is 2. The van der Waals surface area contributed by atoms with E-state index in [9.17, 15) is 8.78 Å². The number of aliphatic hydroxyl groups excluding tert-OH is 1. The Morgan fingerprint density at radius 1 is 1.53 bits per heavy atom. The van der Waals surface area contributed by atoms with Crippen molar-refractivity contribution in [2.75, 3.05) is 7.11 Å². The van der Waals surface area contributed by atoms with E-state index in [4.69, 9.17) is 14.4 Å². The van der Waals surface area contributed by atoms with Gasteiger partial charge in [-0.15, -0.1) is 0 Å². The number of alkyl halides is 2. The van der Waals surface area contributed by atoms with E-state index in [-0.39, 0.29) is 12.3 Å². The monoisotopic (exact) mass is 250 g/mol.